The lowest BCUT2D eigenvalue weighted by Gasteiger charge is -2.25. The zero-order valence-corrected chi connectivity index (χ0v) is 23.6. The Bertz CT molecular complexity index is 1630. The summed E-state index contributed by atoms with van der Waals surface area (Å²) in [6.45, 7) is 2.35. The molecule has 10 heteroatoms. The van der Waals surface area contributed by atoms with E-state index in [9.17, 15) is 17.2 Å². The number of rotatable bonds is 11. The van der Waals surface area contributed by atoms with Crippen molar-refractivity contribution in [2.75, 3.05) is 13.7 Å². The van der Waals surface area contributed by atoms with Crippen LogP contribution in [0.25, 0.3) is 11.3 Å². The van der Waals surface area contributed by atoms with E-state index in [-0.39, 0.29) is 27.5 Å². The molecule has 6 nitrogen and oxygen atoms in total. The van der Waals surface area contributed by atoms with E-state index in [0.29, 0.717) is 30.4 Å². The number of halogens is 3. The van der Waals surface area contributed by atoms with E-state index in [1.165, 1.54) is 49.9 Å². The first-order chi connectivity index (χ1) is 19.7. The molecular weight excluding hydrogens is 553 g/mol. The van der Waals surface area contributed by atoms with Crippen LogP contribution in [0.1, 0.15) is 43.4 Å². The topological polar surface area (TPSA) is 69.6 Å². The first-order valence-electron chi connectivity index (χ1n) is 13.4. The second kappa shape index (κ2) is 12.0. The molecule has 1 fully saturated rings. The van der Waals surface area contributed by atoms with Crippen molar-refractivity contribution in [1.82, 2.24) is 9.29 Å². The van der Waals surface area contributed by atoms with E-state index >= 15 is 4.39 Å². The molecule has 0 bridgehead atoms. The van der Waals surface area contributed by atoms with Gasteiger partial charge in [-0.2, -0.15) is 0 Å². The molecule has 0 amide bonds. The van der Waals surface area contributed by atoms with Gasteiger partial charge in [0.25, 0.3) is 10.0 Å². The number of hydrogen-bond acceptors (Lipinski definition) is 5. The van der Waals surface area contributed by atoms with Gasteiger partial charge in [-0.05, 0) is 80.8 Å². The van der Waals surface area contributed by atoms with Gasteiger partial charge in [0.05, 0.1) is 22.8 Å². The average molecular weight is 585 g/mol. The van der Waals surface area contributed by atoms with Crippen molar-refractivity contribution in [2.24, 2.45) is 5.92 Å². The molecule has 1 aliphatic rings. The van der Waals surface area contributed by atoms with Crippen LogP contribution < -0.4 is 14.8 Å². The van der Waals surface area contributed by atoms with Crippen LogP contribution in [0, 0.1) is 23.4 Å². The molecule has 5 rings (SSSR count). The van der Waals surface area contributed by atoms with E-state index in [2.05, 4.69) is 5.32 Å². The predicted octanol–water partition coefficient (Wildman–Crippen LogP) is 6.85. The third-order valence-electron chi connectivity index (χ3n) is 7.23. The van der Waals surface area contributed by atoms with E-state index in [1.807, 2.05) is 0 Å². The fraction of sp³-hybridized carbons (Fsp3) is 0.290. The summed E-state index contributed by atoms with van der Waals surface area (Å²) in [6, 6.07) is 15.3. The third kappa shape index (κ3) is 6.13. The molecule has 1 saturated carbocycles. The minimum atomic E-state index is -4.13. The summed E-state index contributed by atoms with van der Waals surface area (Å²) in [5.41, 5.74) is 0.498. The lowest BCUT2D eigenvalue weighted by molar-refractivity contribution is 0.180. The van der Waals surface area contributed by atoms with Crippen molar-refractivity contribution >= 4 is 10.0 Å². The van der Waals surface area contributed by atoms with Gasteiger partial charge in [0.15, 0.2) is 0 Å². The fourth-order valence-corrected chi connectivity index (χ4v) is 6.27. The summed E-state index contributed by atoms with van der Waals surface area (Å²) in [5, 5.41) is 2.98. The van der Waals surface area contributed by atoms with E-state index < -0.39 is 33.6 Å². The zero-order chi connectivity index (χ0) is 29.1. The Balaban J connectivity index is 1.45. The lowest BCUT2D eigenvalue weighted by Crippen LogP contribution is -2.19. The molecule has 0 spiro atoms. The Morgan fingerprint density at radius 3 is 2.34 bits per heavy atom. The highest BCUT2D eigenvalue weighted by Crippen LogP contribution is 2.34. The largest absolute Gasteiger partial charge is 0.493 e. The van der Waals surface area contributed by atoms with Gasteiger partial charge >= 0.3 is 0 Å². The van der Waals surface area contributed by atoms with Crippen molar-refractivity contribution in [1.29, 1.82) is 0 Å². The van der Waals surface area contributed by atoms with Gasteiger partial charge < -0.3 is 14.8 Å². The van der Waals surface area contributed by atoms with E-state index in [1.54, 1.807) is 25.2 Å². The van der Waals surface area contributed by atoms with Crippen LogP contribution in [0.5, 0.6) is 11.5 Å². The van der Waals surface area contributed by atoms with Crippen molar-refractivity contribution in [3.63, 3.8) is 0 Å². The SMILES string of the molecule is CNCc1cc(-c2ccc(OC(C)c3c(F)cccc3F)cc2F)n(S(=O)(=O)c2cccc(OCC3CCC3)c2)c1. The molecule has 1 aromatic heterocycles. The highest BCUT2D eigenvalue weighted by Gasteiger charge is 2.25. The summed E-state index contributed by atoms with van der Waals surface area (Å²) in [5.74, 6) is -1.32. The summed E-state index contributed by atoms with van der Waals surface area (Å²) in [6.07, 6.45) is 3.81. The number of ether oxygens (including phenoxy) is 2. The van der Waals surface area contributed by atoms with Crippen molar-refractivity contribution < 1.29 is 31.1 Å². The highest BCUT2D eigenvalue weighted by molar-refractivity contribution is 7.90. The van der Waals surface area contributed by atoms with Crippen molar-refractivity contribution in [3.8, 4) is 22.8 Å². The molecule has 1 heterocycles. The Morgan fingerprint density at radius 1 is 0.951 bits per heavy atom. The summed E-state index contributed by atoms with van der Waals surface area (Å²) in [7, 11) is -2.41. The van der Waals surface area contributed by atoms with Gasteiger partial charge in [-0.1, -0.05) is 18.6 Å². The van der Waals surface area contributed by atoms with E-state index in [0.717, 1.165) is 35.0 Å². The molecule has 0 radical (unpaired) electrons. The maximum Gasteiger partial charge on any atom is 0.268 e. The molecule has 1 atom stereocenters. The Morgan fingerprint density at radius 2 is 1.68 bits per heavy atom. The Kier molecular flexibility index (Phi) is 8.42. The average Bonchev–Trinajstić information content (AvgIpc) is 3.33. The first kappa shape index (κ1) is 28.8. The monoisotopic (exact) mass is 584 g/mol. The van der Waals surface area contributed by atoms with Crippen molar-refractivity contribution in [3.05, 3.63) is 102 Å². The summed E-state index contributed by atoms with van der Waals surface area (Å²) >= 11 is 0. The van der Waals surface area contributed by atoms with Crippen LogP contribution in [-0.2, 0) is 16.6 Å². The molecule has 216 valence electrons. The molecule has 41 heavy (non-hydrogen) atoms. The molecule has 3 aromatic carbocycles. The predicted molar refractivity (Wildman–Crippen MR) is 150 cm³/mol. The van der Waals surface area contributed by atoms with Crippen LogP contribution in [0.4, 0.5) is 13.2 Å². The standard InChI is InChI=1S/C31H31F3N2O4S/c1-20(31-27(32)10-5-11-28(31)33)40-24-12-13-26(29(34)16-24)30-14-22(17-35-2)18-36(30)41(37,38)25-9-4-8-23(15-25)39-19-21-6-3-7-21/h4-5,8-16,18,20-21,35H,3,6-7,17,19H2,1-2H3. The number of hydrogen-bond donors (Lipinski definition) is 1. The molecule has 1 unspecified atom stereocenters. The van der Waals surface area contributed by atoms with Gasteiger partial charge in [0.1, 0.15) is 35.1 Å². The van der Waals surface area contributed by atoms with Gasteiger partial charge in [0.2, 0.25) is 0 Å². The smallest absolute Gasteiger partial charge is 0.268 e. The molecule has 1 aliphatic carbocycles. The number of aromatic nitrogens is 1. The zero-order valence-electron chi connectivity index (χ0n) is 22.7. The number of benzene rings is 3. The fourth-order valence-electron chi connectivity index (χ4n) is 4.84. The molecule has 0 saturated heterocycles. The molecule has 0 aliphatic heterocycles. The van der Waals surface area contributed by atoms with Gasteiger partial charge in [-0.25, -0.2) is 25.6 Å². The molecular formula is C31H31F3N2O4S. The minimum absolute atomic E-state index is 0.0116. The normalized spacial score (nSPS) is 14.5. The van der Waals surface area contributed by atoms with E-state index in [4.69, 9.17) is 9.47 Å². The second-order valence-electron chi connectivity index (χ2n) is 10.2. The van der Waals surface area contributed by atoms with Crippen LogP contribution in [-0.4, -0.2) is 26.0 Å². The van der Waals surface area contributed by atoms with Gasteiger partial charge in [-0.3, -0.25) is 0 Å². The third-order valence-corrected chi connectivity index (χ3v) is 8.90. The van der Waals surface area contributed by atoms with Crippen LogP contribution >= 0.6 is 0 Å². The van der Waals surface area contributed by atoms with Crippen LogP contribution in [0.3, 0.4) is 0 Å². The first-order valence-corrected chi connectivity index (χ1v) is 14.9. The lowest BCUT2D eigenvalue weighted by atomic mass is 9.86. The second-order valence-corrected chi connectivity index (χ2v) is 12.0. The van der Waals surface area contributed by atoms with Crippen molar-refractivity contribution in [2.45, 2.75) is 43.7 Å². The Hall–Kier alpha value is -3.76. The molecule has 1 N–H and O–H groups in total. The quantitative estimate of drug-likeness (QED) is 0.209. The van der Waals surface area contributed by atoms with Gasteiger partial charge in [0, 0.05) is 30.4 Å². The summed E-state index contributed by atoms with van der Waals surface area (Å²) in [4.78, 5) is 0.0116. The van der Waals surface area contributed by atoms with Crippen LogP contribution in [0.15, 0.2) is 77.8 Å². The highest BCUT2D eigenvalue weighted by atomic mass is 32.2. The van der Waals surface area contributed by atoms with Gasteiger partial charge in [-0.15, -0.1) is 0 Å². The number of nitrogens with zero attached hydrogens (tertiary/aromatic N) is 1. The number of nitrogens with one attached hydrogen (secondary N) is 1. The minimum Gasteiger partial charge on any atom is -0.493 e. The van der Waals surface area contributed by atoms with Crippen LogP contribution in [0.2, 0.25) is 0 Å². The maximum atomic E-state index is 15.5. The Labute approximate surface area is 237 Å². The molecule has 4 aromatic rings. The summed E-state index contributed by atoms with van der Waals surface area (Å²) < 4.78 is 84.1. The maximum absolute atomic E-state index is 15.5.